The fourth-order valence-electron chi connectivity index (χ4n) is 1.89. The lowest BCUT2D eigenvalue weighted by atomic mass is 9.87. The summed E-state index contributed by atoms with van der Waals surface area (Å²) in [7, 11) is 1.74. The van der Waals surface area contributed by atoms with E-state index in [0.717, 1.165) is 23.1 Å². The average Bonchev–Trinajstić information content (AvgIpc) is 2.86. The first-order valence-electron chi connectivity index (χ1n) is 5.66. The van der Waals surface area contributed by atoms with Crippen LogP contribution in [0.1, 0.15) is 15.9 Å². The van der Waals surface area contributed by atoms with Crippen molar-refractivity contribution < 1.29 is 14.2 Å². The summed E-state index contributed by atoms with van der Waals surface area (Å²) in [6.45, 7) is 0.584. The van der Waals surface area contributed by atoms with Crippen LogP contribution >= 0.6 is 0 Å². The highest BCUT2D eigenvalue weighted by Crippen LogP contribution is 2.23. The van der Waals surface area contributed by atoms with Gasteiger partial charge in [0.2, 0.25) is 0 Å². The van der Waals surface area contributed by atoms with E-state index in [-0.39, 0.29) is 0 Å². The Morgan fingerprint density at radius 3 is 2.94 bits per heavy atom. The molecule has 0 spiro atoms. The van der Waals surface area contributed by atoms with E-state index in [0.29, 0.717) is 17.9 Å². The number of ether oxygens (including phenoxy) is 1. The van der Waals surface area contributed by atoms with E-state index in [1.54, 1.807) is 25.7 Å². The van der Waals surface area contributed by atoms with Crippen LogP contribution in [0.25, 0.3) is 0 Å². The molecule has 2 aromatic carbocycles. The minimum absolute atomic E-state index is 0.584. The molecule has 1 radical (unpaired) electrons. The number of aldehydes is 1. The summed E-state index contributed by atoms with van der Waals surface area (Å²) >= 11 is 0. The smallest absolute Gasteiger partial charge is 0.330 e. The first-order chi connectivity index (χ1) is 8.85. The molecule has 0 bridgehead atoms. The van der Waals surface area contributed by atoms with Gasteiger partial charge in [-0.1, -0.05) is 18.2 Å². The summed E-state index contributed by atoms with van der Waals surface area (Å²) in [5, 5.41) is 0. The van der Waals surface area contributed by atoms with Crippen molar-refractivity contribution in [1.29, 1.82) is 0 Å². The van der Waals surface area contributed by atoms with Gasteiger partial charge in [0, 0.05) is 5.56 Å². The van der Waals surface area contributed by atoms with Crippen molar-refractivity contribution in [3.63, 3.8) is 0 Å². The van der Waals surface area contributed by atoms with Gasteiger partial charge in [0.05, 0.1) is 6.61 Å². The third-order valence-corrected chi connectivity index (χ3v) is 2.79. The molecule has 0 saturated carbocycles. The van der Waals surface area contributed by atoms with E-state index in [1.165, 1.54) is 0 Å². The molecule has 3 nitrogen and oxygen atoms in total. The Bertz CT molecular complexity index is 595. The zero-order chi connectivity index (χ0) is 12.4. The molecule has 1 aliphatic heterocycles. The van der Waals surface area contributed by atoms with Gasteiger partial charge in [-0.05, 0) is 35.3 Å². The first kappa shape index (κ1) is 11.0. The van der Waals surface area contributed by atoms with Gasteiger partial charge in [0.15, 0.2) is 0 Å². The van der Waals surface area contributed by atoms with Gasteiger partial charge >= 0.3 is 7.48 Å². The number of hydrogen-bond acceptors (Lipinski definition) is 3. The molecule has 0 aliphatic carbocycles. The van der Waals surface area contributed by atoms with Crippen molar-refractivity contribution in [3.05, 3.63) is 53.6 Å². The molecule has 0 fully saturated rings. The molecular formula is C14H10BO3. The number of rotatable bonds is 3. The molecule has 87 valence electrons. The molecule has 4 heteroatoms. The summed E-state index contributed by atoms with van der Waals surface area (Å²) in [5.74, 6) is 1.40. The average molecular weight is 237 g/mol. The van der Waals surface area contributed by atoms with Gasteiger partial charge in [-0.25, -0.2) is 0 Å². The minimum atomic E-state index is 0.584. The fraction of sp³-hybridized carbons (Fsp3) is 0.0714. The van der Waals surface area contributed by atoms with Crippen molar-refractivity contribution in [3.8, 4) is 11.5 Å². The normalized spacial score (nSPS) is 12.7. The Labute approximate surface area is 106 Å². The van der Waals surface area contributed by atoms with Crippen LogP contribution in [0.15, 0.2) is 42.5 Å². The molecule has 0 N–H and O–H groups in total. The molecule has 0 aromatic heterocycles. The predicted molar refractivity (Wildman–Crippen MR) is 68.5 cm³/mol. The standard InChI is InChI=1S/C14H10BO3/c16-8-10-2-1-3-12(6-10)18-13-4-5-14-11(7-13)9-17-15-14/h1-8H,9H2. The van der Waals surface area contributed by atoms with Gasteiger partial charge in [0.25, 0.3) is 0 Å². The van der Waals surface area contributed by atoms with E-state index in [9.17, 15) is 4.79 Å². The molecule has 0 atom stereocenters. The second kappa shape index (κ2) is 4.66. The fourth-order valence-corrected chi connectivity index (χ4v) is 1.89. The second-order valence-electron chi connectivity index (χ2n) is 4.08. The SMILES string of the molecule is O=Cc1cccc(Oc2ccc3c(c2)CO[B]3)c1. The molecule has 1 heterocycles. The van der Waals surface area contributed by atoms with E-state index in [1.807, 2.05) is 24.3 Å². The monoisotopic (exact) mass is 237 g/mol. The van der Waals surface area contributed by atoms with Gasteiger partial charge in [-0.3, -0.25) is 4.79 Å². The summed E-state index contributed by atoms with van der Waals surface area (Å²) in [6, 6.07) is 12.9. The molecule has 2 aromatic rings. The molecule has 0 amide bonds. The largest absolute Gasteiger partial charge is 0.457 e. The third-order valence-electron chi connectivity index (χ3n) is 2.79. The summed E-state index contributed by atoms with van der Waals surface area (Å²) < 4.78 is 10.9. The Kier molecular flexibility index (Phi) is 2.86. The Morgan fingerprint density at radius 2 is 2.06 bits per heavy atom. The summed E-state index contributed by atoms with van der Waals surface area (Å²) in [5.41, 5.74) is 2.80. The first-order valence-corrected chi connectivity index (χ1v) is 5.66. The highest BCUT2D eigenvalue weighted by atomic mass is 16.5. The zero-order valence-corrected chi connectivity index (χ0v) is 9.63. The van der Waals surface area contributed by atoms with Crippen LogP contribution < -0.4 is 10.2 Å². The number of carbonyl (C=O) groups is 1. The summed E-state index contributed by atoms with van der Waals surface area (Å²) in [4.78, 5) is 10.7. The van der Waals surface area contributed by atoms with Gasteiger partial charge in [0.1, 0.15) is 17.8 Å². The lowest BCUT2D eigenvalue weighted by molar-refractivity contribution is 0.112. The lowest BCUT2D eigenvalue weighted by Crippen LogP contribution is -2.10. The van der Waals surface area contributed by atoms with Crippen LogP contribution in [-0.4, -0.2) is 13.8 Å². The Balaban J connectivity index is 1.85. The van der Waals surface area contributed by atoms with E-state index < -0.39 is 0 Å². The van der Waals surface area contributed by atoms with Crippen LogP contribution in [0.2, 0.25) is 0 Å². The summed E-state index contributed by atoms with van der Waals surface area (Å²) in [6.07, 6.45) is 0.804. The molecule has 3 rings (SSSR count). The van der Waals surface area contributed by atoms with Gasteiger partial charge < -0.3 is 9.39 Å². The van der Waals surface area contributed by atoms with Crippen molar-refractivity contribution in [2.24, 2.45) is 0 Å². The molecular weight excluding hydrogens is 227 g/mol. The van der Waals surface area contributed by atoms with Crippen molar-refractivity contribution in [1.82, 2.24) is 0 Å². The highest BCUT2D eigenvalue weighted by molar-refractivity contribution is 6.48. The van der Waals surface area contributed by atoms with Gasteiger partial charge in [-0.2, -0.15) is 0 Å². The molecule has 0 saturated heterocycles. The quantitative estimate of drug-likeness (QED) is 0.605. The maximum absolute atomic E-state index is 10.7. The van der Waals surface area contributed by atoms with E-state index in [2.05, 4.69) is 0 Å². The van der Waals surface area contributed by atoms with Crippen molar-refractivity contribution in [2.45, 2.75) is 6.61 Å². The number of hydrogen-bond donors (Lipinski definition) is 0. The zero-order valence-electron chi connectivity index (χ0n) is 9.63. The van der Waals surface area contributed by atoms with E-state index >= 15 is 0 Å². The molecule has 0 unspecified atom stereocenters. The van der Waals surface area contributed by atoms with Crippen molar-refractivity contribution in [2.75, 3.05) is 0 Å². The van der Waals surface area contributed by atoms with Crippen LogP contribution in [0.5, 0.6) is 11.5 Å². The maximum atomic E-state index is 10.7. The van der Waals surface area contributed by atoms with Crippen LogP contribution in [-0.2, 0) is 11.3 Å². The van der Waals surface area contributed by atoms with Crippen LogP contribution in [0, 0.1) is 0 Å². The number of fused-ring (bicyclic) bond motifs is 1. The minimum Gasteiger partial charge on any atom is -0.457 e. The Morgan fingerprint density at radius 1 is 1.17 bits per heavy atom. The maximum Gasteiger partial charge on any atom is 0.330 e. The van der Waals surface area contributed by atoms with Crippen LogP contribution in [0.4, 0.5) is 0 Å². The molecule has 1 aliphatic rings. The van der Waals surface area contributed by atoms with Gasteiger partial charge in [-0.15, -0.1) is 0 Å². The van der Waals surface area contributed by atoms with Crippen molar-refractivity contribution >= 4 is 19.2 Å². The van der Waals surface area contributed by atoms with E-state index in [4.69, 9.17) is 9.39 Å². The predicted octanol–water partition coefficient (Wildman–Crippen LogP) is 2.07. The van der Waals surface area contributed by atoms with Crippen LogP contribution in [0.3, 0.4) is 0 Å². The highest BCUT2D eigenvalue weighted by Gasteiger charge is 2.13. The topological polar surface area (TPSA) is 35.5 Å². The number of carbonyl (C=O) groups excluding carboxylic acids is 1. The Hall–Kier alpha value is -2.07. The number of benzene rings is 2. The third kappa shape index (κ3) is 2.15. The molecule has 18 heavy (non-hydrogen) atoms. The second-order valence-corrected chi connectivity index (χ2v) is 4.08. The lowest BCUT2D eigenvalue weighted by Gasteiger charge is -2.07.